The van der Waals surface area contributed by atoms with Gasteiger partial charge in [0.1, 0.15) is 11.5 Å². The van der Waals surface area contributed by atoms with Gasteiger partial charge in [0.15, 0.2) is 0 Å². The van der Waals surface area contributed by atoms with E-state index in [0.717, 1.165) is 29.2 Å². The first-order chi connectivity index (χ1) is 11.1. The molecule has 0 radical (unpaired) electrons. The van der Waals surface area contributed by atoms with Crippen molar-refractivity contribution in [3.63, 3.8) is 0 Å². The van der Waals surface area contributed by atoms with Crippen molar-refractivity contribution in [3.8, 4) is 0 Å². The summed E-state index contributed by atoms with van der Waals surface area (Å²) in [4.78, 5) is 11.9. The van der Waals surface area contributed by atoms with Crippen LogP contribution in [0.15, 0.2) is 40.8 Å². The Morgan fingerprint density at radius 3 is 2.52 bits per heavy atom. The maximum absolute atomic E-state index is 11.9. The van der Waals surface area contributed by atoms with Crippen LogP contribution in [0.25, 0.3) is 0 Å². The third-order valence-electron chi connectivity index (χ3n) is 3.66. The van der Waals surface area contributed by atoms with Gasteiger partial charge in [-0.3, -0.25) is 4.79 Å². The Hall–Kier alpha value is -2.27. The lowest BCUT2D eigenvalue weighted by Gasteiger charge is -2.14. The molecular weight excluding hydrogens is 292 g/mol. The van der Waals surface area contributed by atoms with Crippen LogP contribution in [-0.2, 0) is 17.8 Å². The van der Waals surface area contributed by atoms with Crippen molar-refractivity contribution in [2.45, 2.75) is 39.3 Å². The minimum atomic E-state index is -0.166. The predicted molar refractivity (Wildman–Crippen MR) is 90.2 cm³/mol. The minimum absolute atomic E-state index is 0.0304. The van der Waals surface area contributed by atoms with Gasteiger partial charge in [-0.1, -0.05) is 19.1 Å². The zero-order valence-electron chi connectivity index (χ0n) is 13.6. The van der Waals surface area contributed by atoms with Gasteiger partial charge in [0.25, 0.3) is 0 Å². The lowest BCUT2D eigenvalue weighted by molar-refractivity contribution is -0.121. The third-order valence-corrected chi connectivity index (χ3v) is 3.66. The number of hydrogen-bond donors (Lipinski definition) is 3. The van der Waals surface area contributed by atoms with E-state index < -0.39 is 0 Å². The molecule has 1 heterocycles. The van der Waals surface area contributed by atoms with Crippen LogP contribution in [0.4, 0.5) is 5.69 Å². The Morgan fingerprint density at radius 1 is 1.22 bits per heavy atom. The molecule has 5 nitrogen and oxygen atoms in total. The van der Waals surface area contributed by atoms with Crippen molar-refractivity contribution < 1.29 is 14.3 Å². The van der Waals surface area contributed by atoms with Crippen LogP contribution in [0, 0.1) is 6.92 Å². The van der Waals surface area contributed by atoms with Gasteiger partial charge in [0.05, 0.1) is 25.6 Å². The summed E-state index contributed by atoms with van der Waals surface area (Å²) in [5, 5.41) is 15.2. The molecule has 23 heavy (non-hydrogen) atoms. The third kappa shape index (κ3) is 5.45. The molecule has 1 amide bonds. The van der Waals surface area contributed by atoms with Crippen molar-refractivity contribution >= 4 is 11.6 Å². The van der Waals surface area contributed by atoms with Gasteiger partial charge in [-0.25, -0.2) is 0 Å². The molecule has 2 aromatic rings. The van der Waals surface area contributed by atoms with E-state index in [2.05, 4.69) is 10.6 Å². The number of furan rings is 1. The van der Waals surface area contributed by atoms with E-state index in [1.54, 1.807) is 0 Å². The average Bonchev–Trinajstić information content (AvgIpc) is 2.97. The number of hydrogen-bond acceptors (Lipinski definition) is 4. The molecule has 0 aliphatic rings. The number of carbonyl (C=O) groups excluding carboxylic acids is 1. The topological polar surface area (TPSA) is 74.5 Å². The number of rotatable bonds is 8. The van der Waals surface area contributed by atoms with Gasteiger partial charge < -0.3 is 20.2 Å². The molecule has 1 atom stereocenters. The largest absolute Gasteiger partial charge is 0.465 e. The lowest BCUT2D eigenvalue weighted by Crippen LogP contribution is -2.37. The highest BCUT2D eigenvalue weighted by Gasteiger charge is 2.09. The Morgan fingerprint density at radius 2 is 1.96 bits per heavy atom. The van der Waals surface area contributed by atoms with Gasteiger partial charge in [-0.2, -0.15) is 0 Å². The number of aliphatic hydroxyl groups excluding tert-OH is 1. The fourth-order valence-electron chi connectivity index (χ4n) is 2.25. The van der Waals surface area contributed by atoms with Crippen LogP contribution in [0.2, 0.25) is 0 Å². The first kappa shape index (κ1) is 17.1. The van der Waals surface area contributed by atoms with Crippen LogP contribution in [0.5, 0.6) is 0 Å². The standard InChI is InChI=1S/C18H24N2O3/c1-3-15(12-21)20-18(22)10-14-5-7-16(8-6-14)19-11-17-9-4-13(2)23-17/h4-9,15,19,21H,3,10-12H2,1-2H3,(H,20,22)/t15-/m0/s1. The summed E-state index contributed by atoms with van der Waals surface area (Å²) >= 11 is 0. The molecular formula is C18H24N2O3. The summed E-state index contributed by atoms with van der Waals surface area (Å²) in [6.07, 6.45) is 1.03. The molecule has 0 fully saturated rings. The molecule has 0 saturated carbocycles. The highest BCUT2D eigenvalue weighted by atomic mass is 16.3. The quantitative estimate of drug-likeness (QED) is 0.700. The van der Waals surface area contributed by atoms with Crippen molar-refractivity contribution in [2.24, 2.45) is 0 Å². The van der Waals surface area contributed by atoms with E-state index in [1.807, 2.05) is 50.2 Å². The summed E-state index contributed by atoms with van der Waals surface area (Å²) in [5.74, 6) is 1.72. The number of nitrogens with one attached hydrogen (secondary N) is 2. The maximum Gasteiger partial charge on any atom is 0.224 e. The molecule has 124 valence electrons. The average molecular weight is 316 g/mol. The maximum atomic E-state index is 11.9. The molecule has 0 saturated heterocycles. The highest BCUT2D eigenvalue weighted by molar-refractivity contribution is 5.79. The van der Waals surface area contributed by atoms with E-state index in [-0.39, 0.29) is 18.6 Å². The molecule has 1 aromatic heterocycles. The Balaban J connectivity index is 1.83. The number of anilines is 1. The van der Waals surface area contributed by atoms with E-state index in [1.165, 1.54) is 0 Å². The summed E-state index contributed by atoms with van der Waals surface area (Å²) in [6.45, 7) is 4.45. The van der Waals surface area contributed by atoms with Crippen LogP contribution in [-0.4, -0.2) is 23.7 Å². The van der Waals surface area contributed by atoms with Crippen LogP contribution in [0.1, 0.15) is 30.4 Å². The molecule has 0 spiro atoms. The molecule has 3 N–H and O–H groups in total. The van der Waals surface area contributed by atoms with Crippen molar-refractivity contribution in [1.82, 2.24) is 5.32 Å². The first-order valence-corrected chi connectivity index (χ1v) is 7.89. The predicted octanol–water partition coefficient (Wildman–Crippen LogP) is 2.63. The smallest absolute Gasteiger partial charge is 0.224 e. The van der Waals surface area contributed by atoms with Gasteiger partial charge in [-0.05, 0) is 43.2 Å². The summed E-state index contributed by atoms with van der Waals surface area (Å²) in [5.41, 5.74) is 1.92. The van der Waals surface area contributed by atoms with E-state index in [9.17, 15) is 4.79 Å². The summed E-state index contributed by atoms with van der Waals surface area (Å²) < 4.78 is 5.50. The van der Waals surface area contributed by atoms with Gasteiger partial charge >= 0.3 is 0 Å². The lowest BCUT2D eigenvalue weighted by atomic mass is 10.1. The SMILES string of the molecule is CC[C@@H](CO)NC(=O)Cc1ccc(NCc2ccc(C)o2)cc1. The Labute approximate surface area is 136 Å². The molecule has 2 rings (SSSR count). The van der Waals surface area contributed by atoms with Crippen molar-refractivity contribution in [3.05, 3.63) is 53.5 Å². The second-order valence-corrected chi connectivity index (χ2v) is 5.59. The zero-order valence-corrected chi connectivity index (χ0v) is 13.6. The number of benzene rings is 1. The first-order valence-electron chi connectivity index (χ1n) is 7.89. The van der Waals surface area contributed by atoms with Gasteiger partial charge in [0.2, 0.25) is 5.91 Å². The van der Waals surface area contributed by atoms with E-state index in [4.69, 9.17) is 9.52 Å². The fourth-order valence-corrected chi connectivity index (χ4v) is 2.25. The molecule has 0 bridgehead atoms. The number of amides is 1. The summed E-state index contributed by atoms with van der Waals surface area (Å²) in [7, 11) is 0. The summed E-state index contributed by atoms with van der Waals surface area (Å²) in [6, 6.07) is 11.5. The van der Waals surface area contributed by atoms with E-state index in [0.29, 0.717) is 13.0 Å². The van der Waals surface area contributed by atoms with Crippen molar-refractivity contribution in [1.29, 1.82) is 0 Å². The van der Waals surface area contributed by atoms with Crippen LogP contribution >= 0.6 is 0 Å². The highest BCUT2D eigenvalue weighted by Crippen LogP contribution is 2.13. The Bertz CT molecular complexity index is 615. The van der Waals surface area contributed by atoms with Gasteiger partial charge in [0, 0.05) is 5.69 Å². The van der Waals surface area contributed by atoms with E-state index >= 15 is 0 Å². The Kier molecular flexibility index (Phi) is 6.23. The fraction of sp³-hybridized carbons (Fsp3) is 0.389. The zero-order chi connectivity index (χ0) is 16.7. The molecule has 0 aliphatic heterocycles. The molecule has 1 aromatic carbocycles. The monoisotopic (exact) mass is 316 g/mol. The van der Waals surface area contributed by atoms with Crippen LogP contribution in [0.3, 0.4) is 0 Å². The molecule has 5 heteroatoms. The van der Waals surface area contributed by atoms with Gasteiger partial charge in [-0.15, -0.1) is 0 Å². The number of aliphatic hydroxyl groups is 1. The second kappa shape index (κ2) is 8.39. The second-order valence-electron chi connectivity index (χ2n) is 5.59. The van der Waals surface area contributed by atoms with Crippen LogP contribution < -0.4 is 10.6 Å². The normalized spacial score (nSPS) is 12.0. The number of carbonyl (C=O) groups is 1. The molecule has 0 unspecified atom stereocenters. The number of aryl methyl sites for hydroxylation is 1. The molecule has 0 aliphatic carbocycles. The minimum Gasteiger partial charge on any atom is -0.465 e. The van der Waals surface area contributed by atoms with Crippen molar-refractivity contribution in [2.75, 3.05) is 11.9 Å².